The molecule has 17 heavy (non-hydrogen) atoms. The molecule has 1 heterocycles. The summed E-state index contributed by atoms with van der Waals surface area (Å²) in [6.07, 6.45) is -4.34. The second-order valence-corrected chi connectivity index (χ2v) is 3.85. The number of aliphatic hydroxyl groups is 1. The molecule has 0 saturated carbocycles. The Hall–Kier alpha value is -1.51. The van der Waals surface area contributed by atoms with Crippen LogP contribution in [0.5, 0.6) is 0 Å². The Morgan fingerprint density at radius 2 is 1.76 bits per heavy atom. The lowest BCUT2D eigenvalue weighted by molar-refractivity contribution is -0.140. The molecule has 0 aromatic heterocycles. The van der Waals surface area contributed by atoms with Gasteiger partial charge in [0.1, 0.15) is 0 Å². The van der Waals surface area contributed by atoms with Crippen LogP contribution in [0.4, 0.5) is 13.2 Å². The summed E-state index contributed by atoms with van der Waals surface area (Å²) >= 11 is 0. The fourth-order valence-electron chi connectivity index (χ4n) is 1.30. The van der Waals surface area contributed by atoms with Crippen molar-refractivity contribution in [2.24, 2.45) is 0 Å². The third-order valence-corrected chi connectivity index (χ3v) is 2.33. The van der Waals surface area contributed by atoms with Crippen LogP contribution in [0.1, 0.15) is 11.1 Å². The first-order chi connectivity index (χ1) is 7.89. The van der Waals surface area contributed by atoms with Gasteiger partial charge in [-0.05, 0) is 24.3 Å². The lowest BCUT2D eigenvalue weighted by Crippen LogP contribution is -2.48. The van der Waals surface area contributed by atoms with Crippen molar-refractivity contribution in [3.05, 3.63) is 35.4 Å². The lowest BCUT2D eigenvalue weighted by atomic mass is 10.0. The van der Waals surface area contributed by atoms with Crippen molar-refractivity contribution in [3.8, 4) is 11.8 Å². The van der Waals surface area contributed by atoms with E-state index in [2.05, 4.69) is 11.8 Å². The van der Waals surface area contributed by atoms with E-state index in [0.717, 1.165) is 12.1 Å². The Morgan fingerprint density at radius 1 is 1.18 bits per heavy atom. The standard InChI is InChI=1S/C12H9F3O2/c13-12(14,15)10-3-1-9(2-4-10)5-6-11(16)7-17-8-11/h1-4,16H,7-8H2. The maximum Gasteiger partial charge on any atom is 0.416 e. The summed E-state index contributed by atoms with van der Waals surface area (Å²) in [6, 6.07) is 4.48. The molecule has 1 aliphatic heterocycles. The molecular formula is C12H9F3O2. The summed E-state index contributed by atoms with van der Waals surface area (Å²) in [6.45, 7) is 0.279. The van der Waals surface area contributed by atoms with Crippen LogP contribution in [-0.2, 0) is 10.9 Å². The van der Waals surface area contributed by atoms with Crippen molar-refractivity contribution in [2.75, 3.05) is 13.2 Å². The van der Waals surface area contributed by atoms with Gasteiger partial charge in [-0.3, -0.25) is 0 Å². The Morgan fingerprint density at radius 3 is 2.18 bits per heavy atom. The van der Waals surface area contributed by atoms with E-state index < -0.39 is 17.3 Å². The average Bonchev–Trinajstić information content (AvgIpc) is 2.23. The topological polar surface area (TPSA) is 29.5 Å². The number of alkyl halides is 3. The van der Waals surface area contributed by atoms with Gasteiger partial charge in [-0.1, -0.05) is 11.8 Å². The van der Waals surface area contributed by atoms with Gasteiger partial charge < -0.3 is 9.84 Å². The average molecular weight is 242 g/mol. The van der Waals surface area contributed by atoms with Crippen LogP contribution in [0.2, 0.25) is 0 Å². The predicted molar refractivity (Wildman–Crippen MR) is 54.1 cm³/mol. The fourth-order valence-corrected chi connectivity index (χ4v) is 1.30. The first-order valence-electron chi connectivity index (χ1n) is 4.90. The van der Waals surface area contributed by atoms with Crippen LogP contribution in [0.15, 0.2) is 24.3 Å². The molecule has 0 unspecified atom stereocenters. The monoisotopic (exact) mass is 242 g/mol. The van der Waals surface area contributed by atoms with Crippen LogP contribution in [0.25, 0.3) is 0 Å². The van der Waals surface area contributed by atoms with Crippen LogP contribution in [0, 0.1) is 11.8 Å². The fraction of sp³-hybridized carbons (Fsp3) is 0.333. The van der Waals surface area contributed by atoms with Crippen molar-refractivity contribution < 1.29 is 23.0 Å². The van der Waals surface area contributed by atoms with Gasteiger partial charge in [0.15, 0.2) is 5.60 Å². The van der Waals surface area contributed by atoms with Crippen LogP contribution in [-0.4, -0.2) is 23.9 Å². The highest BCUT2D eigenvalue weighted by molar-refractivity contribution is 5.39. The summed E-state index contributed by atoms with van der Waals surface area (Å²) in [5.41, 5.74) is -1.44. The number of rotatable bonds is 0. The molecule has 90 valence electrons. The van der Waals surface area contributed by atoms with Crippen molar-refractivity contribution >= 4 is 0 Å². The van der Waals surface area contributed by atoms with E-state index in [9.17, 15) is 18.3 Å². The Kier molecular flexibility index (Phi) is 2.86. The SMILES string of the molecule is OC1(C#Cc2ccc(C(F)(F)F)cc2)COC1. The third kappa shape index (κ3) is 2.78. The molecule has 0 radical (unpaired) electrons. The van der Waals surface area contributed by atoms with Gasteiger partial charge in [0.2, 0.25) is 0 Å². The minimum atomic E-state index is -4.34. The van der Waals surface area contributed by atoms with Crippen molar-refractivity contribution in [1.82, 2.24) is 0 Å². The molecule has 1 N–H and O–H groups in total. The molecule has 1 saturated heterocycles. The highest BCUT2D eigenvalue weighted by Gasteiger charge is 2.34. The van der Waals surface area contributed by atoms with E-state index in [0.29, 0.717) is 5.56 Å². The van der Waals surface area contributed by atoms with Crippen LogP contribution in [0.3, 0.4) is 0 Å². The summed E-state index contributed by atoms with van der Waals surface area (Å²) in [4.78, 5) is 0. The van der Waals surface area contributed by atoms with Gasteiger partial charge in [-0.2, -0.15) is 13.2 Å². The second-order valence-electron chi connectivity index (χ2n) is 3.85. The van der Waals surface area contributed by atoms with Gasteiger partial charge in [-0.25, -0.2) is 0 Å². The normalized spacial score (nSPS) is 17.9. The lowest BCUT2D eigenvalue weighted by Gasteiger charge is -2.30. The Balaban J connectivity index is 2.13. The number of hydrogen-bond donors (Lipinski definition) is 1. The first kappa shape index (κ1) is 12.0. The third-order valence-electron chi connectivity index (χ3n) is 2.33. The predicted octanol–water partition coefficient (Wildman–Crippen LogP) is 1.82. The number of ether oxygens (including phenoxy) is 1. The molecule has 2 nitrogen and oxygen atoms in total. The van der Waals surface area contributed by atoms with E-state index in [-0.39, 0.29) is 13.2 Å². The van der Waals surface area contributed by atoms with E-state index in [4.69, 9.17) is 4.74 Å². The number of halogens is 3. The van der Waals surface area contributed by atoms with Crippen molar-refractivity contribution in [3.63, 3.8) is 0 Å². The van der Waals surface area contributed by atoms with Crippen molar-refractivity contribution in [1.29, 1.82) is 0 Å². The molecule has 0 bridgehead atoms. The molecule has 0 atom stereocenters. The van der Waals surface area contributed by atoms with Gasteiger partial charge in [-0.15, -0.1) is 0 Å². The quantitative estimate of drug-likeness (QED) is 0.703. The number of hydrogen-bond acceptors (Lipinski definition) is 2. The molecular weight excluding hydrogens is 233 g/mol. The van der Waals surface area contributed by atoms with E-state index >= 15 is 0 Å². The first-order valence-corrected chi connectivity index (χ1v) is 4.90. The molecule has 1 aromatic rings. The molecule has 0 spiro atoms. The minimum Gasteiger partial charge on any atom is -0.373 e. The summed E-state index contributed by atoms with van der Waals surface area (Å²) in [5.74, 6) is 5.19. The zero-order valence-corrected chi connectivity index (χ0v) is 8.71. The zero-order valence-electron chi connectivity index (χ0n) is 8.71. The molecule has 1 aliphatic rings. The van der Waals surface area contributed by atoms with E-state index in [1.54, 1.807) is 0 Å². The van der Waals surface area contributed by atoms with Gasteiger partial charge in [0.05, 0.1) is 18.8 Å². The van der Waals surface area contributed by atoms with E-state index in [1.807, 2.05) is 0 Å². The van der Waals surface area contributed by atoms with Gasteiger partial charge in [0, 0.05) is 5.56 Å². The molecule has 1 aromatic carbocycles. The Bertz CT molecular complexity index is 461. The smallest absolute Gasteiger partial charge is 0.373 e. The molecule has 2 rings (SSSR count). The zero-order chi connectivity index (χ0) is 12.5. The maximum absolute atomic E-state index is 12.3. The van der Waals surface area contributed by atoms with Gasteiger partial charge >= 0.3 is 6.18 Å². The summed E-state index contributed by atoms with van der Waals surface area (Å²) in [7, 11) is 0. The van der Waals surface area contributed by atoms with Crippen LogP contribution >= 0.6 is 0 Å². The van der Waals surface area contributed by atoms with E-state index in [1.165, 1.54) is 12.1 Å². The number of benzene rings is 1. The van der Waals surface area contributed by atoms with Crippen LogP contribution < -0.4 is 0 Å². The van der Waals surface area contributed by atoms with Crippen molar-refractivity contribution in [2.45, 2.75) is 11.8 Å². The van der Waals surface area contributed by atoms with Gasteiger partial charge in [0.25, 0.3) is 0 Å². The maximum atomic E-state index is 12.3. The summed E-state index contributed by atoms with van der Waals surface area (Å²) < 4.78 is 41.6. The highest BCUT2D eigenvalue weighted by atomic mass is 19.4. The molecule has 0 aliphatic carbocycles. The molecule has 1 fully saturated rings. The minimum absolute atomic E-state index is 0.140. The molecule has 0 amide bonds. The second kappa shape index (κ2) is 4.06. The highest BCUT2D eigenvalue weighted by Crippen LogP contribution is 2.29. The molecule has 5 heteroatoms. The Labute approximate surface area is 96.0 Å². The summed E-state index contributed by atoms with van der Waals surface area (Å²) in [5, 5.41) is 9.58. The largest absolute Gasteiger partial charge is 0.416 e.